The summed E-state index contributed by atoms with van der Waals surface area (Å²) in [7, 11) is -3.11. The number of halogens is 1. The van der Waals surface area contributed by atoms with Gasteiger partial charge in [-0.05, 0) is 40.9 Å². The van der Waals surface area contributed by atoms with Crippen molar-refractivity contribution in [3.05, 3.63) is 22.9 Å². The minimum atomic E-state index is -3.11. The van der Waals surface area contributed by atoms with Crippen molar-refractivity contribution in [1.82, 2.24) is 4.98 Å². The number of aromatic nitrogens is 1. The van der Waals surface area contributed by atoms with E-state index in [9.17, 15) is 8.42 Å². The summed E-state index contributed by atoms with van der Waals surface area (Å²) in [6, 6.07) is 3.23. The van der Waals surface area contributed by atoms with Crippen LogP contribution in [0.3, 0.4) is 0 Å². The van der Waals surface area contributed by atoms with Gasteiger partial charge in [-0.1, -0.05) is 0 Å². The summed E-state index contributed by atoms with van der Waals surface area (Å²) in [4.78, 5) is 4.21. The summed E-state index contributed by atoms with van der Waals surface area (Å²) < 4.78 is 23.9. The molecule has 1 fully saturated rings. The molecule has 0 aliphatic heterocycles. The summed E-state index contributed by atoms with van der Waals surface area (Å²) in [5, 5.41) is -0.173. The number of rotatable bonds is 2. The second kappa shape index (κ2) is 3.06. The second-order valence-corrected chi connectivity index (χ2v) is 5.98. The topological polar surface area (TPSA) is 47.0 Å². The minimum absolute atomic E-state index is 0.173. The van der Waals surface area contributed by atoms with E-state index >= 15 is 0 Å². The van der Waals surface area contributed by atoms with Crippen LogP contribution >= 0.6 is 15.9 Å². The molecule has 70 valence electrons. The monoisotopic (exact) mass is 261 g/mol. The first-order valence-corrected chi connectivity index (χ1v) is 6.31. The van der Waals surface area contributed by atoms with Gasteiger partial charge in [-0.2, -0.15) is 0 Å². The molecule has 1 saturated carbocycles. The Morgan fingerprint density at radius 3 is 2.69 bits per heavy atom. The lowest BCUT2D eigenvalue weighted by atomic mass is 10.5. The normalized spacial score (nSPS) is 17.3. The Morgan fingerprint density at radius 1 is 1.46 bits per heavy atom. The Balaban J connectivity index is 2.51. The second-order valence-electron chi connectivity index (χ2n) is 3.04. The highest BCUT2D eigenvalue weighted by Gasteiger charge is 2.38. The van der Waals surface area contributed by atoms with Gasteiger partial charge in [-0.3, -0.25) is 0 Å². The molecule has 0 spiro atoms. The molecule has 5 heteroatoms. The quantitative estimate of drug-likeness (QED) is 0.763. The first-order chi connectivity index (χ1) is 6.12. The Hall–Kier alpha value is -0.420. The zero-order valence-corrected chi connectivity index (χ0v) is 9.18. The van der Waals surface area contributed by atoms with Crippen molar-refractivity contribution >= 4 is 25.8 Å². The fourth-order valence-corrected chi connectivity index (χ4v) is 3.74. The lowest BCUT2D eigenvalue weighted by Crippen LogP contribution is -2.08. The molecule has 1 aliphatic carbocycles. The maximum atomic E-state index is 11.7. The van der Waals surface area contributed by atoms with Gasteiger partial charge in [-0.15, -0.1) is 0 Å². The van der Waals surface area contributed by atoms with E-state index in [4.69, 9.17) is 0 Å². The number of nitrogens with zero attached hydrogens (tertiary/aromatic N) is 1. The van der Waals surface area contributed by atoms with Crippen LogP contribution in [0.1, 0.15) is 12.8 Å². The minimum Gasteiger partial charge on any atom is -0.248 e. The van der Waals surface area contributed by atoms with Crippen molar-refractivity contribution in [2.75, 3.05) is 0 Å². The number of sulfone groups is 1. The van der Waals surface area contributed by atoms with E-state index in [1.807, 2.05) is 0 Å². The zero-order valence-electron chi connectivity index (χ0n) is 6.77. The fraction of sp³-hybridized carbons (Fsp3) is 0.375. The lowest BCUT2D eigenvalue weighted by Gasteiger charge is -2.02. The largest absolute Gasteiger partial charge is 0.248 e. The summed E-state index contributed by atoms with van der Waals surface area (Å²) in [5.41, 5.74) is 0. The van der Waals surface area contributed by atoms with E-state index in [-0.39, 0.29) is 5.25 Å². The molecular weight excluding hydrogens is 254 g/mol. The van der Waals surface area contributed by atoms with Gasteiger partial charge in [0.25, 0.3) is 0 Å². The summed E-state index contributed by atoms with van der Waals surface area (Å²) in [5.74, 6) is 0. The van der Waals surface area contributed by atoms with Crippen LogP contribution < -0.4 is 0 Å². The Bertz CT molecular complexity index is 426. The Labute approximate surface area is 85.2 Å². The molecule has 1 aromatic heterocycles. The Morgan fingerprint density at radius 2 is 2.15 bits per heavy atom. The molecule has 0 unspecified atom stereocenters. The molecule has 0 radical (unpaired) electrons. The molecule has 0 aromatic carbocycles. The molecule has 2 rings (SSSR count). The van der Waals surface area contributed by atoms with Crippen LogP contribution in [0.25, 0.3) is 0 Å². The van der Waals surface area contributed by atoms with Crippen molar-refractivity contribution < 1.29 is 8.42 Å². The van der Waals surface area contributed by atoms with E-state index in [0.29, 0.717) is 9.50 Å². The SMILES string of the molecule is O=S(=O)(c1cccnc1Br)C1CC1. The molecule has 3 nitrogen and oxygen atoms in total. The van der Waals surface area contributed by atoms with Crippen LogP contribution in [0.2, 0.25) is 0 Å². The standard InChI is InChI=1S/C8H8BrNO2S/c9-8-7(2-1-5-10-8)13(11,12)6-3-4-6/h1-2,5-6H,3-4H2. The van der Waals surface area contributed by atoms with Crippen LogP contribution in [0.4, 0.5) is 0 Å². The number of hydrogen-bond acceptors (Lipinski definition) is 3. The molecule has 0 amide bonds. The average Bonchev–Trinajstić information content (AvgIpc) is 2.86. The summed E-state index contributed by atoms with van der Waals surface area (Å²) in [6.45, 7) is 0. The fourth-order valence-electron chi connectivity index (χ4n) is 1.14. The average molecular weight is 262 g/mol. The third kappa shape index (κ3) is 1.62. The van der Waals surface area contributed by atoms with Crippen LogP contribution in [0.5, 0.6) is 0 Å². The first kappa shape index (κ1) is 9.15. The van der Waals surface area contributed by atoms with Crippen molar-refractivity contribution in [2.24, 2.45) is 0 Å². The van der Waals surface area contributed by atoms with Gasteiger partial charge in [0.15, 0.2) is 9.84 Å². The van der Waals surface area contributed by atoms with Crippen LogP contribution in [0, 0.1) is 0 Å². The molecule has 0 bridgehead atoms. The lowest BCUT2D eigenvalue weighted by molar-refractivity contribution is 0.593. The van der Waals surface area contributed by atoms with Crippen molar-refractivity contribution in [2.45, 2.75) is 23.0 Å². The highest BCUT2D eigenvalue weighted by molar-refractivity contribution is 9.10. The Kier molecular flexibility index (Phi) is 2.15. The van der Waals surface area contributed by atoms with E-state index in [1.165, 1.54) is 0 Å². The summed E-state index contributed by atoms with van der Waals surface area (Å²) >= 11 is 3.14. The molecule has 0 saturated heterocycles. The smallest absolute Gasteiger partial charge is 0.183 e. The van der Waals surface area contributed by atoms with Crippen molar-refractivity contribution in [3.8, 4) is 0 Å². The van der Waals surface area contributed by atoms with Gasteiger partial charge in [0.05, 0.1) is 10.1 Å². The van der Waals surface area contributed by atoms with Crippen LogP contribution in [0.15, 0.2) is 27.8 Å². The van der Waals surface area contributed by atoms with Gasteiger partial charge in [0.2, 0.25) is 0 Å². The van der Waals surface area contributed by atoms with Gasteiger partial charge in [-0.25, -0.2) is 13.4 Å². The van der Waals surface area contributed by atoms with E-state index in [0.717, 1.165) is 12.8 Å². The molecular formula is C8H8BrNO2S. The van der Waals surface area contributed by atoms with Gasteiger partial charge < -0.3 is 0 Å². The van der Waals surface area contributed by atoms with E-state index in [1.54, 1.807) is 18.3 Å². The van der Waals surface area contributed by atoms with Crippen molar-refractivity contribution in [3.63, 3.8) is 0 Å². The molecule has 1 aliphatic rings. The van der Waals surface area contributed by atoms with Gasteiger partial charge in [0, 0.05) is 6.20 Å². The predicted molar refractivity (Wildman–Crippen MR) is 52.1 cm³/mol. The zero-order chi connectivity index (χ0) is 9.47. The number of pyridine rings is 1. The highest BCUT2D eigenvalue weighted by atomic mass is 79.9. The van der Waals surface area contributed by atoms with Gasteiger partial charge >= 0.3 is 0 Å². The predicted octanol–water partition coefficient (Wildman–Crippen LogP) is 1.78. The molecule has 13 heavy (non-hydrogen) atoms. The maximum absolute atomic E-state index is 11.7. The molecule has 1 heterocycles. The van der Waals surface area contributed by atoms with Crippen molar-refractivity contribution in [1.29, 1.82) is 0 Å². The van der Waals surface area contributed by atoms with Crippen LogP contribution in [-0.4, -0.2) is 18.7 Å². The van der Waals surface area contributed by atoms with Gasteiger partial charge in [0.1, 0.15) is 4.60 Å². The molecule has 0 atom stereocenters. The van der Waals surface area contributed by atoms with E-state index in [2.05, 4.69) is 20.9 Å². The van der Waals surface area contributed by atoms with Crippen LogP contribution in [-0.2, 0) is 9.84 Å². The molecule has 0 N–H and O–H groups in total. The third-order valence-corrected chi connectivity index (χ3v) is 5.18. The maximum Gasteiger partial charge on any atom is 0.183 e. The summed E-state index contributed by atoms with van der Waals surface area (Å²) in [6.07, 6.45) is 3.13. The number of hydrogen-bond donors (Lipinski definition) is 0. The molecule has 1 aromatic rings. The first-order valence-electron chi connectivity index (χ1n) is 3.97. The third-order valence-electron chi connectivity index (χ3n) is 1.99. The highest BCUT2D eigenvalue weighted by Crippen LogP contribution is 2.35. The van der Waals surface area contributed by atoms with E-state index < -0.39 is 9.84 Å².